The van der Waals surface area contributed by atoms with Crippen LogP contribution >= 0.6 is 23.4 Å². The second kappa shape index (κ2) is 15.8. The van der Waals surface area contributed by atoms with E-state index in [1.165, 1.54) is 33.1 Å². The minimum absolute atomic E-state index is 0.197. The van der Waals surface area contributed by atoms with Crippen LogP contribution in [0.5, 0.6) is 5.75 Å². The van der Waals surface area contributed by atoms with E-state index < -0.39 is 54.9 Å². The first kappa shape index (κ1) is 41.2. The van der Waals surface area contributed by atoms with Gasteiger partial charge in [-0.2, -0.15) is 4.31 Å². The van der Waals surface area contributed by atoms with Crippen LogP contribution in [0, 0.1) is 17.5 Å². The molecule has 0 fully saturated rings. The number of sulfonamides is 1. The van der Waals surface area contributed by atoms with Crippen molar-refractivity contribution >= 4 is 39.4 Å². The van der Waals surface area contributed by atoms with Gasteiger partial charge in [0.25, 0.3) is 0 Å². The number of carboxylic acid groups (broad SMARTS) is 1. The Morgan fingerprint density at radius 3 is 2.17 bits per heavy atom. The summed E-state index contributed by atoms with van der Waals surface area (Å²) in [6, 6.07) is 12.5. The number of hydrogen-bond acceptors (Lipinski definition) is 7. The van der Waals surface area contributed by atoms with E-state index in [-0.39, 0.29) is 12.3 Å². The van der Waals surface area contributed by atoms with Crippen molar-refractivity contribution < 1.29 is 40.7 Å². The monoisotopic (exact) mass is 780 g/mol. The van der Waals surface area contributed by atoms with Crippen molar-refractivity contribution in [3.05, 3.63) is 100 Å². The maximum absolute atomic E-state index is 15.7. The fraction of sp³-hybridized carbons (Fsp3) is 0.405. The van der Waals surface area contributed by atoms with Crippen LogP contribution in [0.2, 0.25) is 5.02 Å². The van der Waals surface area contributed by atoms with Gasteiger partial charge in [-0.25, -0.2) is 26.6 Å². The van der Waals surface area contributed by atoms with Crippen LogP contribution in [0.15, 0.2) is 70.8 Å². The molecule has 0 amide bonds. The molecule has 1 heterocycles. The zero-order chi connectivity index (χ0) is 38.8. The summed E-state index contributed by atoms with van der Waals surface area (Å²) in [4.78, 5) is 15.9. The highest BCUT2D eigenvalue weighted by atomic mass is 35.5. The van der Waals surface area contributed by atoms with E-state index in [1.807, 2.05) is 41.1 Å². The van der Waals surface area contributed by atoms with Gasteiger partial charge >= 0.3 is 0 Å². The van der Waals surface area contributed by atoms with Crippen molar-refractivity contribution in [2.75, 3.05) is 41.3 Å². The second-order valence-electron chi connectivity index (χ2n) is 14.5. The lowest BCUT2D eigenvalue weighted by molar-refractivity contribution is -0.870. The molecule has 0 spiro atoms. The van der Waals surface area contributed by atoms with Crippen LogP contribution in [0.3, 0.4) is 0 Å². The number of nitrogens with zero attached hydrogens (tertiary/aromatic N) is 4. The highest BCUT2D eigenvalue weighted by Gasteiger charge is 2.39. The van der Waals surface area contributed by atoms with Crippen LogP contribution in [0.25, 0.3) is 5.69 Å². The third-order valence-corrected chi connectivity index (χ3v) is 12.3. The standard InChI is InChI=1S/C37H44ClF3N4O5S2/c1-36(2,24-11-16-29(38)32(19-24)50-8)33-22-42-35(44(33)26-14-12-25(39)13-15-26)51-23-28-30(40)20-27(21-31(28)41)52(48,49)43(37(3,4)34(46)47)17-9-10-18-45(5,6)7/h11-16,19-22H,9-10,17-18,23H2,1-8H3. The molecule has 9 nitrogen and oxygen atoms in total. The molecule has 0 atom stereocenters. The molecule has 0 radical (unpaired) electrons. The Balaban J connectivity index is 1.69. The number of rotatable bonds is 16. The normalized spacial score (nSPS) is 12.8. The smallest absolute Gasteiger partial charge is 0.244 e. The number of carboxylic acids is 1. The minimum atomic E-state index is -4.69. The van der Waals surface area contributed by atoms with Gasteiger partial charge in [0.2, 0.25) is 10.0 Å². The molecule has 0 saturated carbocycles. The zero-order valence-electron chi connectivity index (χ0n) is 30.5. The maximum atomic E-state index is 15.7. The predicted octanol–water partition coefficient (Wildman–Crippen LogP) is 6.58. The van der Waals surface area contributed by atoms with Crippen molar-refractivity contribution in [3.63, 3.8) is 0 Å². The number of benzene rings is 3. The molecule has 52 heavy (non-hydrogen) atoms. The topological polar surface area (TPSA) is 105 Å². The molecule has 0 aliphatic carbocycles. The molecule has 0 aliphatic rings. The molecule has 0 bridgehead atoms. The molecule has 0 saturated heterocycles. The average molecular weight is 781 g/mol. The highest BCUT2D eigenvalue weighted by molar-refractivity contribution is 7.98. The van der Waals surface area contributed by atoms with Crippen molar-refractivity contribution in [1.29, 1.82) is 0 Å². The van der Waals surface area contributed by atoms with Crippen molar-refractivity contribution in [2.24, 2.45) is 0 Å². The van der Waals surface area contributed by atoms with E-state index >= 15 is 8.78 Å². The SMILES string of the molecule is COc1cc(C(C)(C)c2cnc(SCc3c(F)cc(S(=O)(=O)N(CCCC[N+](C)(C)C)C(C)(C)C(=O)[O-])cc3F)n2-c2ccc(F)cc2)ccc1Cl. The molecular weight excluding hydrogens is 737 g/mol. The first-order valence-corrected chi connectivity index (χ1v) is 19.2. The van der Waals surface area contributed by atoms with Crippen molar-refractivity contribution in [1.82, 2.24) is 13.9 Å². The molecule has 282 valence electrons. The Bertz CT molecular complexity index is 2010. The van der Waals surface area contributed by atoms with Gasteiger partial charge < -0.3 is 19.1 Å². The van der Waals surface area contributed by atoms with Crippen molar-refractivity contribution in [2.45, 2.75) is 67.3 Å². The number of unbranched alkanes of at least 4 members (excludes halogenated alkanes) is 1. The van der Waals surface area contributed by atoms with E-state index in [1.54, 1.807) is 35.0 Å². The summed E-state index contributed by atoms with van der Waals surface area (Å²) in [5.41, 5.74) is -1.09. The number of imidazole rings is 1. The maximum Gasteiger partial charge on any atom is 0.244 e. The summed E-state index contributed by atoms with van der Waals surface area (Å²) < 4.78 is 81.6. The average Bonchev–Trinajstić information content (AvgIpc) is 3.48. The van der Waals surface area contributed by atoms with Gasteiger partial charge in [0.15, 0.2) is 5.16 Å². The lowest BCUT2D eigenvalue weighted by atomic mass is 9.81. The Morgan fingerprint density at radius 1 is 1.00 bits per heavy atom. The molecule has 1 aromatic heterocycles. The number of halogens is 4. The molecule has 0 unspecified atom stereocenters. The number of hydrogen-bond donors (Lipinski definition) is 0. The van der Waals surface area contributed by atoms with Gasteiger partial charge in [0, 0.05) is 29.0 Å². The Kier molecular flexibility index (Phi) is 12.5. The minimum Gasteiger partial charge on any atom is -0.548 e. The number of methoxy groups -OCH3 is 1. The molecule has 0 N–H and O–H groups in total. The van der Waals surface area contributed by atoms with E-state index in [4.69, 9.17) is 16.3 Å². The lowest BCUT2D eigenvalue weighted by Crippen LogP contribution is -2.58. The van der Waals surface area contributed by atoms with Gasteiger partial charge in [0.05, 0.1) is 68.1 Å². The summed E-state index contributed by atoms with van der Waals surface area (Å²) in [6.07, 6.45) is 2.53. The van der Waals surface area contributed by atoms with Crippen LogP contribution < -0.4 is 9.84 Å². The lowest BCUT2D eigenvalue weighted by Gasteiger charge is -2.38. The highest BCUT2D eigenvalue weighted by Crippen LogP contribution is 2.40. The fourth-order valence-corrected chi connectivity index (χ4v) is 8.70. The summed E-state index contributed by atoms with van der Waals surface area (Å²) >= 11 is 7.28. The van der Waals surface area contributed by atoms with Crippen LogP contribution in [-0.4, -0.2) is 79.6 Å². The Hall–Kier alpha value is -3.56. The summed E-state index contributed by atoms with van der Waals surface area (Å²) in [5.74, 6) is -4.17. The van der Waals surface area contributed by atoms with E-state index in [9.17, 15) is 22.7 Å². The van der Waals surface area contributed by atoms with Gasteiger partial charge in [-0.05, 0) is 80.8 Å². The van der Waals surface area contributed by atoms with Gasteiger partial charge in [-0.1, -0.05) is 43.3 Å². The first-order valence-electron chi connectivity index (χ1n) is 16.4. The van der Waals surface area contributed by atoms with Crippen LogP contribution in [0.1, 0.15) is 57.4 Å². The predicted molar refractivity (Wildman–Crippen MR) is 195 cm³/mol. The number of carbonyl (C=O) groups is 1. The molecular formula is C37H44ClF3N4O5S2. The molecule has 15 heteroatoms. The van der Waals surface area contributed by atoms with Gasteiger partial charge in [0.1, 0.15) is 23.2 Å². The van der Waals surface area contributed by atoms with E-state index in [0.29, 0.717) is 63.3 Å². The third-order valence-electron chi connectivity index (χ3n) is 8.94. The number of quaternary nitrogens is 1. The third kappa shape index (κ3) is 8.96. The fourth-order valence-electron chi connectivity index (χ4n) is 5.69. The number of thioether (sulfide) groups is 1. The number of carbonyl (C=O) groups excluding carboxylic acids is 1. The van der Waals surface area contributed by atoms with Crippen molar-refractivity contribution in [3.8, 4) is 11.4 Å². The largest absolute Gasteiger partial charge is 0.548 e. The van der Waals surface area contributed by atoms with Crippen LogP contribution in [-0.2, 0) is 26.0 Å². The van der Waals surface area contributed by atoms with Crippen LogP contribution in [0.4, 0.5) is 13.2 Å². The quantitative estimate of drug-likeness (QED) is 0.0720. The number of aliphatic carboxylic acids is 1. The molecule has 4 aromatic rings. The number of ether oxygens (including phenoxy) is 1. The molecule has 0 aliphatic heterocycles. The van der Waals surface area contributed by atoms with E-state index in [0.717, 1.165) is 21.6 Å². The summed E-state index contributed by atoms with van der Waals surface area (Å²) in [6.45, 7) is 6.77. The zero-order valence-corrected chi connectivity index (χ0v) is 32.9. The molecule has 4 rings (SSSR count). The summed E-state index contributed by atoms with van der Waals surface area (Å²) in [7, 11) is 2.74. The summed E-state index contributed by atoms with van der Waals surface area (Å²) in [5, 5.41) is 12.8. The Labute approximate surface area is 313 Å². The second-order valence-corrected chi connectivity index (χ2v) is 17.7. The molecule has 3 aromatic carbocycles. The number of aromatic nitrogens is 2. The first-order chi connectivity index (χ1) is 24.1. The van der Waals surface area contributed by atoms with Gasteiger partial charge in [-0.15, -0.1) is 0 Å². The van der Waals surface area contributed by atoms with Gasteiger partial charge in [-0.3, -0.25) is 4.57 Å². The Morgan fingerprint density at radius 2 is 1.62 bits per heavy atom. The van der Waals surface area contributed by atoms with E-state index in [2.05, 4.69) is 4.98 Å².